The quantitative estimate of drug-likeness (QED) is 0.598. The van der Waals surface area contributed by atoms with Crippen molar-refractivity contribution < 1.29 is 19.8 Å². The molecule has 0 amide bonds. The van der Waals surface area contributed by atoms with Gasteiger partial charge in [-0.05, 0) is 25.1 Å². The molecule has 8 nitrogen and oxygen atoms in total. The zero-order valence-electron chi connectivity index (χ0n) is 12.4. The van der Waals surface area contributed by atoms with Crippen LogP contribution in [0.5, 0.6) is 0 Å². The van der Waals surface area contributed by atoms with Gasteiger partial charge in [0.15, 0.2) is 0 Å². The van der Waals surface area contributed by atoms with Crippen LogP contribution in [0, 0.1) is 0 Å². The van der Waals surface area contributed by atoms with Gasteiger partial charge in [0.1, 0.15) is 0 Å². The third-order valence-electron chi connectivity index (χ3n) is 3.52. The number of H-pyrrole nitrogens is 1. The summed E-state index contributed by atoms with van der Waals surface area (Å²) in [6.45, 7) is 0.756. The molecule has 0 saturated heterocycles. The number of carboxylic acids is 2. The fraction of sp³-hybridized carbons (Fsp3) is 0.267. The molecule has 3 rings (SSSR count). The third-order valence-corrected chi connectivity index (χ3v) is 3.52. The number of hydrogen-bond acceptors (Lipinski definition) is 4. The van der Waals surface area contributed by atoms with E-state index in [1.165, 1.54) is 5.56 Å². The molecule has 122 valence electrons. The molecule has 0 fully saturated rings. The highest BCUT2D eigenvalue weighted by Crippen LogP contribution is 2.22. The zero-order chi connectivity index (χ0) is 17.0. The normalized spacial score (nSPS) is 16.1. The van der Waals surface area contributed by atoms with E-state index >= 15 is 0 Å². The predicted octanol–water partition coefficient (Wildman–Crippen LogP) is 0.185. The van der Waals surface area contributed by atoms with Gasteiger partial charge in [-0.3, -0.25) is 4.57 Å². The molecule has 1 aliphatic rings. The lowest BCUT2D eigenvalue weighted by atomic mass is 10.0. The molecule has 23 heavy (non-hydrogen) atoms. The lowest BCUT2D eigenvalue weighted by Gasteiger charge is -2.22. The predicted molar refractivity (Wildman–Crippen MR) is 83.5 cm³/mol. The summed E-state index contributed by atoms with van der Waals surface area (Å²) in [5.41, 5.74) is 3.27. The van der Waals surface area contributed by atoms with Gasteiger partial charge >= 0.3 is 17.6 Å². The number of carbonyl (C=O) groups is 2. The summed E-state index contributed by atoms with van der Waals surface area (Å²) < 4.78 is 1.83. The Balaban J connectivity index is 0.000000207. The average molecular weight is 319 g/mol. The van der Waals surface area contributed by atoms with Crippen LogP contribution >= 0.6 is 0 Å². The first-order chi connectivity index (χ1) is 10.9. The number of aromatic nitrogens is 2. The summed E-state index contributed by atoms with van der Waals surface area (Å²) in [7, 11) is 1.94. The Labute approximate surface area is 131 Å². The van der Waals surface area contributed by atoms with Gasteiger partial charge in [-0.2, -0.15) is 0 Å². The number of rotatable bonds is 3. The van der Waals surface area contributed by atoms with Crippen molar-refractivity contribution >= 4 is 23.0 Å². The average Bonchev–Trinajstić information content (AvgIpc) is 2.84. The Morgan fingerprint density at radius 3 is 2.52 bits per heavy atom. The first kappa shape index (κ1) is 16.5. The van der Waals surface area contributed by atoms with E-state index in [-0.39, 0.29) is 5.69 Å². The standard InChI is InChI=1S/C11H13N3O.C4H4O4/c1-12-8-5-7-3-2-4-9-10(7)14(6-8)11(15)13-9;5-3(6)1-2-4(7)8/h2-4,8,12H,5-6H2,1H3,(H,13,15);1-2H,(H,5,6)(H,7,8)/b;2-1-/t8-;/m0./s1. The van der Waals surface area contributed by atoms with Crippen LogP contribution in [0.2, 0.25) is 0 Å². The number of nitrogens with one attached hydrogen (secondary N) is 2. The molecular formula is C15H17N3O5. The fourth-order valence-corrected chi connectivity index (χ4v) is 2.52. The number of aromatic amines is 1. The fourth-order valence-electron chi connectivity index (χ4n) is 2.52. The number of carboxylic acid groups (broad SMARTS) is 2. The van der Waals surface area contributed by atoms with Crippen LogP contribution in [0.3, 0.4) is 0 Å². The third kappa shape index (κ3) is 3.86. The number of aliphatic carboxylic acids is 2. The maximum absolute atomic E-state index is 11.7. The largest absolute Gasteiger partial charge is 0.478 e. The lowest BCUT2D eigenvalue weighted by Crippen LogP contribution is -2.38. The highest BCUT2D eigenvalue weighted by atomic mass is 16.4. The minimum Gasteiger partial charge on any atom is -0.478 e. The van der Waals surface area contributed by atoms with Gasteiger partial charge in [0.05, 0.1) is 11.0 Å². The van der Waals surface area contributed by atoms with E-state index < -0.39 is 11.9 Å². The molecule has 4 N–H and O–H groups in total. The van der Waals surface area contributed by atoms with Crippen LogP contribution in [0.1, 0.15) is 5.56 Å². The first-order valence-electron chi connectivity index (χ1n) is 6.94. The topological polar surface area (TPSA) is 124 Å². The first-order valence-corrected chi connectivity index (χ1v) is 6.94. The number of hydrogen-bond donors (Lipinski definition) is 4. The van der Waals surface area contributed by atoms with Crippen molar-refractivity contribution in [1.29, 1.82) is 0 Å². The Kier molecular flexibility index (Phi) is 4.97. The summed E-state index contributed by atoms with van der Waals surface area (Å²) in [6.07, 6.45) is 2.11. The SMILES string of the molecule is CN[C@H]1Cc2cccc3[nH]c(=O)n(c23)C1.O=C(O)/C=C\C(=O)O. The van der Waals surface area contributed by atoms with Crippen LogP contribution in [0.4, 0.5) is 0 Å². The Morgan fingerprint density at radius 1 is 1.30 bits per heavy atom. The molecule has 0 saturated carbocycles. The number of benzene rings is 1. The Hall–Kier alpha value is -2.87. The van der Waals surface area contributed by atoms with Crippen LogP contribution < -0.4 is 11.0 Å². The van der Waals surface area contributed by atoms with Gasteiger partial charge in [-0.1, -0.05) is 12.1 Å². The molecule has 0 bridgehead atoms. The summed E-state index contributed by atoms with van der Waals surface area (Å²) in [4.78, 5) is 33.7. The molecular weight excluding hydrogens is 302 g/mol. The van der Waals surface area contributed by atoms with Gasteiger partial charge in [0.25, 0.3) is 0 Å². The van der Waals surface area contributed by atoms with Crippen LogP contribution in [0.15, 0.2) is 35.1 Å². The summed E-state index contributed by atoms with van der Waals surface area (Å²) in [5.74, 6) is -2.51. The molecule has 0 spiro atoms. The van der Waals surface area contributed by atoms with Crippen molar-refractivity contribution in [1.82, 2.24) is 14.9 Å². The van der Waals surface area contributed by atoms with Crippen LogP contribution in [-0.4, -0.2) is 44.8 Å². The molecule has 0 radical (unpaired) electrons. The second kappa shape index (κ2) is 6.93. The Morgan fingerprint density at radius 2 is 1.96 bits per heavy atom. The van der Waals surface area contributed by atoms with E-state index in [1.807, 2.05) is 23.7 Å². The van der Waals surface area contributed by atoms with E-state index in [0.717, 1.165) is 24.0 Å². The van der Waals surface area contributed by atoms with Crippen LogP contribution in [-0.2, 0) is 22.6 Å². The molecule has 2 aromatic rings. The van der Waals surface area contributed by atoms with Crippen molar-refractivity contribution in [2.45, 2.75) is 19.0 Å². The summed E-state index contributed by atoms with van der Waals surface area (Å²) in [5, 5.41) is 18.9. The minimum atomic E-state index is -1.26. The van der Waals surface area contributed by atoms with Gasteiger partial charge < -0.3 is 20.5 Å². The second-order valence-electron chi connectivity index (χ2n) is 5.05. The van der Waals surface area contributed by atoms with E-state index in [1.54, 1.807) is 0 Å². The molecule has 1 aromatic heterocycles. The van der Waals surface area contributed by atoms with Crippen molar-refractivity contribution in [3.05, 3.63) is 46.4 Å². The van der Waals surface area contributed by atoms with Gasteiger partial charge in [-0.15, -0.1) is 0 Å². The number of nitrogens with zero attached hydrogens (tertiary/aromatic N) is 1. The number of likely N-dealkylation sites (N-methyl/N-ethyl adjacent to an activating group) is 1. The molecule has 0 aliphatic carbocycles. The number of para-hydroxylation sites is 1. The molecule has 2 heterocycles. The van der Waals surface area contributed by atoms with E-state index in [0.29, 0.717) is 18.2 Å². The molecule has 0 unspecified atom stereocenters. The summed E-state index contributed by atoms with van der Waals surface area (Å²) in [6, 6.07) is 6.40. The minimum absolute atomic E-state index is 0.00241. The smallest absolute Gasteiger partial charge is 0.328 e. The van der Waals surface area contributed by atoms with E-state index in [9.17, 15) is 14.4 Å². The Bertz CT molecular complexity index is 802. The van der Waals surface area contributed by atoms with Crippen molar-refractivity contribution in [2.75, 3.05) is 7.05 Å². The maximum Gasteiger partial charge on any atom is 0.328 e. The van der Waals surface area contributed by atoms with Gasteiger partial charge in [0, 0.05) is 24.7 Å². The van der Waals surface area contributed by atoms with E-state index in [2.05, 4.69) is 16.4 Å². The molecule has 1 atom stereocenters. The van der Waals surface area contributed by atoms with Crippen molar-refractivity contribution in [2.24, 2.45) is 0 Å². The highest BCUT2D eigenvalue weighted by molar-refractivity contribution is 5.89. The number of imidazole rings is 1. The van der Waals surface area contributed by atoms with Crippen LogP contribution in [0.25, 0.3) is 11.0 Å². The second-order valence-corrected chi connectivity index (χ2v) is 5.05. The lowest BCUT2D eigenvalue weighted by molar-refractivity contribution is -0.134. The summed E-state index contributed by atoms with van der Waals surface area (Å²) >= 11 is 0. The maximum atomic E-state index is 11.7. The highest BCUT2D eigenvalue weighted by Gasteiger charge is 2.21. The van der Waals surface area contributed by atoms with Crippen molar-refractivity contribution in [3.63, 3.8) is 0 Å². The van der Waals surface area contributed by atoms with Crippen molar-refractivity contribution in [3.8, 4) is 0 Å². The van der Waals surface area contributed by atoms with E-state index in [4.69, 9.17) is 10.2 Å². The van der Waals surface area contributed by atoms with Gasteiger partial charge in [-0.25, -0.2) is 14.4 Å². The molecule has 8 heteroatoms. The zero-order valence-corrected chi connectivity index (χ0v) is 12.4. The monoisotopic (exact) mass is 319 g/mol. The molecule has 1 aliphatic heterocycles. The van der Waals surface area contributed by atoms with Gasteiger partial charge in [0.2, 0.25) is 0 Å². The molecule has 1 aromatic carbocycles.